The van der Waals surface area contributed by atoms with Crippen molar-refractivity contribution in [2.24, 2.45) is 5.41 Å². The third-order valence-corrected chi connectivity index (χ3v) is 1.72. The van der Waals surface area contributed by atoms with Crippen LogP contribution in [0.25, 0.3) is 0 Å². The molecule has 0 aliphatic rings. The van der Waals surface area contributed by atoms with Gasteiger partial charge in [0.25, 0.3) is 0 Å². The van der Waals surface area contributed by atoms with Gasteiger partial charge in [0.05, 0.1) is 7.11 Å². The van der Waals surface area contributed by atoms with Crippen LogP contribution >= 0.6 is 11.6 Å². The molecule has 0 fully saturated rings. The second-order valence-electron chi connectivity index (χ2n) is 4.33. The van der Waals surface area contributed by atoms with E-state index in [-0.39, 0.29) is 16.7 Å². The monoisotopic (exact) mass is 230 g/mol. The summed E-state index contributed by atoms with van der Waals surface area (Å²) < 4.78 is 4.88. The van der Waals surface area contributed by atoms with Crippen molar-refractivity contribution in [2.75, 3.05) is 19.0 Å². The molecule has 0 amide bonds. The van der Waals surface area contributed by atoms with Gasteiger partial charge in [0, 0.05) is 6.54 Å². The number of halogens is 1. The van der Waals surface area contributed by atoms with Gasteiger partial charge in [0.1, 0.15) is 0 Å². The minimum Gasteiger partial charge on any atom is -0.467 e. The molecule has 0 aliphatic heterocycles. The normalized spacial score (nSPS) is 11.3. The number of hydrogen-bond acceptors (Lipinski definition) is 5. The number of nitrogens with zero attached hydrogens (tertiary/aromatic N) is 3. The van der Waals surface area contributed by atoms with Crippen LogP contribution in [-0.2, 0) is 0 Å². The first kappa shape index (κ1) is 12.0. The average molecular weight is 231 g/mol. The Morgan fingerprint density at radius 2 is 1.93 bits per heavy atom. The lowest BCUT2D eigenvalue weighted by Crippen LogP contribution is -2.20. The van der Waals surface area contributed by atoms with E-state index in [0.29, 0.717) is 5.95 Å². The summed E-state index contributed by atoms with van der Waals surface area (Å²) in [5.41, 5.74) is 0.145. The number of methoxy groups -OCH3 is 1. The molecule has 6 heteroatoms. The first-order chi connectivity index (χ1) is 6.90. The highest BCUT2D eigenvalue weighted by Gasteiger charge is 2.11. The zero-order valence-corrected chi connectivity index (χ0v) is 10.1. The molecule has 0 aliphatic carbocycles. The van der Waals surface area contributed by atoms with Gasteiger partial charge >= 0.3 is 6.01 Å². The van der Waals surface area contributed by atoms with Crippen LogP contribution in [0, 0.1) is 5.41 Å². The summed E-state index contributed by atoms with van der Waals surface area (Å²) in [6.07, 6.45) is 0. The van der Waals surface area contributed by atoms with Crippen molar-refractivity contribution in [3.8, 4) is 6.01 Å². The van der Waals surface area contributed by atoms with E-state index in [1.165, 1.54) is 7.11 Å². The standard InChI is InChI=1S/C9H15ClN4O/c1-9(2,3)5-11-7-12-6(10)13-8(14-7)15-4/h5H2,1-4H3,(H,11,12,13,14). The zero-order valence-electron chi connectivity index (χ0n) is 9.33. The van der Waals surface area contributed by atoms with Crippen LogP contribution in [0.4, 0.5) is 5.95 Å². The quantitative estimate of drug-likeness (QED) is 0.861. The Kier molecular flexibility index (Phi) is 3.68. The summed E-state index contributed by atoms with van der Waals surface area (Å²) in [5, 5.41) is 3.20. The lowest BCUT2D eigenvalue weighted by Gasteiger charge is -2.18. The minimum absolute atomic E-state index is 0.123. The number of nitrogens with one attached hydrogen (secondary N) is 1. The fourth-order valence-corrected chi connectivity index (χ4v) is 0.999. The topological polar surface area (TPSA) is 59.9 Å². The smallest absolute Gasteiger partial charge is 0.322 e. The molecule has 0 bridgehead atoms. The van der Waals surface area contributed by atoms with E-state index in [1.54, 1.807) is 0 Å². The van der Waals surface area contributed by atoms with Gasteiger partial charge in [-0.1, -0.05) is 20.8 Å². The van der Waals surface area contributed by atoms with Crippen molar-refractivity contribution >= 4 is 17.5 Å². The molecule has 0 radical (unpaired) electrons. The molecular formula is C9H15ClN4O. The Hall–Kier alpha value is -1.10. The summed E-state index contributed by atoms with van der Waals surface area (Å²) in [6, 6.07) is 0.214. The van der Waals surface area contributed by atoms with Gasteiger partial charge in [-0.2, -0.15) is 15.0 Å². The molecule has 0 saturated carbocycles. The molecule has 5 nitrogen and oxygen atoms in total. The summed E-state index contributed by atoms with van der Waals surface area (Å²) in [6.45, 7) is 7.08. The van der Waals surface area contributed by atoms with E-state index in [2.05, 4.69) is 41.0 Å². The van der Waals surface area contributed by atoms with E-state index in [1.807, 2.05) is 0 Å². The molecule has 0 spiro atoms. The molecule has 1 aromatic rings. The highest BCUT2D eigenvalue weighted by molar-refractivity contribution is 6.28. The van der Waals surface area contributed by atoms with Gasteiger partial charge in [-0.25, -0.2) is 0 Å². The van der Waals surface area contributed by atoms with E-state index in [9.17, 15) is 0 Å². The maximum atomic E-state index is 5.70. The summed E-state index contributed by atoms with van der Waals surface area (Å²) in [5.74, 6) is 0.432. The van der Waals surface area contributed by atoms with Gasteiger partial charge in [0.15, 0.2) is 0 Å². The Morgan fingerprint density at radius 1 is 1.27 bits per heavy atom. The summed E-state index contributed by atoms with van der Waals surface area (Å²) >= 11 is 5.70. The van der Waals surface area contributed by atoms with Crippen molar-refractivity contribution in [1.82, 2.24) is 15.0 Å². The van der Waals surface area contributed by atoms with Crippen LogP contribution in [0.2, 0.25) is 5.28 Å². The maximum absolute atomic E-state index is 5.70. The van der Waals surface area contributed by atoms with E-state index in [4.69, 9.17) is 16.3 Å². The van der Waals surface area contributed by atoms with Crippen molar-refractivity contribution in [3.63, 3.8) is 0 Å². The average Bonchev–Trinajstić information content (AvgIpc) is 2.13. The van der Waals surface area contributed by atoms with Crippen molar-refractivity contribution in [3.05, 3.63) is 5.28 Å². The van der Waals surface area contributed by atoms with Gasteiger partial charge < -0.3 is 10.1 Å². The molecule has 1 heterocycles. The fraction of sp³-hybridized carbons (Fsp3) is 0.667. The lowest BCUT2D eigenvalue weighted by molar-refractivity contribution is 0.378. The van der Waals surface area contributed by atoms with E-state index in [0.717, 1.165) is 6.54 Å². The number of ether oxygens (including phenoxy) is 1. The van der Waals surface area contributed by atoms with Crippen molar-refractivity contribution in [1.29, 1.82) is 0 Å². The van der Waals surface area contributed by atoms with Crippen LogP contribution in [0.1, 0.15) is 20.8 Å². The zero-order chi connectivity index (χ0) is 11.5. The van der Waals surface area contributed by atoms with Crippen LogP contribution in [-0.4, -0.2) is 28.6 Å². The van der Waals surface area contributed by atoms with Crippen molar-refractivity contribution in [2.45, 2.75) is 20.8 Å². The molecule has 84 valence electrons. The Bertz CT molecular complexity index is 337. The molecule has 0 saturated heterocycles. The van der Waals surface area contributed by atoms with Crippen LogP contribution in [0.3, 0.4) is 0 Å². The highest BCUT2D eigenvalue weighted by atomic mass is 35.5. The summed E-state index contributed by atoms with van der Waals surface area (Å²) in [4.78, 5) is 11.7. The van der Waals surface area contributed by atoms with Crippen LogP contribution in [0.15, 0.2) is 0 Å². The molecule has 0 aromatic carbocycles. The number of aromatic nitrogens is 3. The van der Waals surface area contributed by atoms with Gasteiger partial charge in [-0.3, -0.25) is 0 Å². The molecule has 0 atom stereocenters. The number of rotatable bonds is 3. The molecule has 1 rings (SSSR count). The molecular weight excluding hydrogens is 216 g/mol. The predicted molar refractivity (Wildman–Crippen MR) is 59.3 cm³/mol. The van der Waals surface area contributed by atoms with E-state index >= 15 is 0 Å². The second-order valence-corrected chi connectivity index (χ2v) is 4.67. The lowest BCUT2D eigenvalue weighted by atomic mass is 9.97. The fourth-order valence-electron chi connectivity index (χ4n) is 0.846. The predicted octanol–water partition coefficient (Wildman–Crippen LogP) is 1.99. The van der Waals surface area contributed by atoms with Gasteiger partial charge in [0.2, 0.25) is 11.2 Å². The van der Waals surface area contributed by atoms with Crippen LogP contribution < -0.4 is 10.1 Å². The van der Waals surface area contributed by atoms with Crippen LogP contribution in [0.5, 0.6) is 6.01 Å². The highest BCUT2D eigenvalue weighted by Crippen LogP contribution is 2.15. The molecule has 15 heavy (non-hydrogen) atoms. The molecule has 1 aromatic heterocycles. The van der Waals surface area contributed by atoms with Gasteiger partial charge in [-0.05, 0) is 17.0 Å². The van der Waals surface area contributed by atoms with Crippen molar-refractivity contribution < 1.29 is 4.74 Å². The van der Waals surface area contributed by atoms with E-state index < -0.39 is 0 Å². The Balaban J connectivity index is 2.73. The number of anilines is 1. The Labute approximate surface area is 94.2 Å². The minimum atomic E-state index is 0.123. The summed E-state index contributed by atoms with van der Waals surface area (Å²) in [7, 11) is 1.49. The SMILES string of the molecule is COc1nc(Cl)nc(NCC(C)(C)C)n1. The first-order valence-electron chi connectivity index (χ1n) is 4.60. The first-order valence-corrected chi connectivity index (χ1v) is 4.98. The third-order valence-electron chi connectivity index (χ3n) is 1.55. The Morgan fingerprint density at radius 3 is 2.47 bits per heavy atom. The molecule has 1 N–H and O–H groups in total. The second kappa shape index (κ2) is 4.61. The number of hydrogen-bond donors (Lipinski definition) is 1. The third kappa shape index (κ3) is 4.29. The maximum Gasteiger partial charge on any atom is 0.322 e. The largest absolute Gasteiger partial charge is 0.467 e. The van der Waals surface area contributed by atoms with Gasteiger partial charge in [-0.15, -0.1) is 0 Å². The molecule has 0 unspecified atom stereocenters.